The van der Waals surface area contributed by atoms with Crippen LogP contribution in [0.25, 0.3) is 0 Å². The molecule has 3 rings (SSSR count). The fraction of sp³-hybridized carbons (Fsp3) is 0.0526. The predicted octanol–water partition coefficient (Wildman–Crippen LogP) is 4.74. The standard InChI is InChI=1S/C13H12N.C6H5.Y/c1-14(12-8-4-2-5-9-12)13-10-6-3-7-11-13;1-2-4-6-5-3-1;/h2,4-11H,1H3;1-5H;/q2*-1;. The van der Waals surface area contributed by atoms with E-state index in [2.05, 4.69) is 36.2 Å². The van der Waals surface area contributed by atoms with Gasteiger partial charge in [0.2, 0.25) is 0 Å². The van der Waals surface area contributed by atoms with Crippen molar-refractivity contribution < 1.29 is 32.7 Å². The van der Waals surface area contributed by atoms with Gasteiger partial charge in [0, 0.05) is 45.4 Å². The normalized spacial score (nSPS) is 8.81. The first-order valence-electron chi connectivity index (χ1n) is 6.54. The molecule has 103 valence electrons. The minimum Gasteiger partial charge on any atom is -0.368 e. The van der Waals surface area contributed by atoms with Gasteiger partial charge in [-0.1, -0.05) is 23.9 Å². The van der Waals surface area contributed by atoms with Gasteiger partial charge in [-0.3, -0.25) is 0 Å². The maximum absolute atomic E-state index is 3.01. The molecule has 0 unspecified atom stereocenters. The van der Waals surface area contributed by atoms with Crippen LogP contribution < -0.4 is 4.90 Å². The topological polar surface area (TPSA) is 3.24 Å². The Morgan fingerprint density at radius 2 is 1.10 bits per heavy atom. The predicted molar refractivity (Wildman–Crippen MR) is 85.1 cm³/mol. The molecule has 0 spiro atoms. The number of anilines is 2. The van der Waals surface area contributed by atoms with Crippen LogP contribution in [-0.2, 0) is 32.7 Å². The van der Waals surface area contributed by atoms with Crippen LogP contribution in [0.3, 0.4) is 0 Å². The second-order valence-corrected chi connectivity index (χ2v) is 4.23. The summed E-state index contributed by atoms with van der Waals surface area (Å²) in [6.45, 7) is 0. The van der Waals surface area contributed by atoms with Crippen molar-refractivity contribution in [2.24, 2.45) is 0 Å². The minimum atomic E-state index is 0. The Kier molecular flexibility index (Phi) is 8.65. The summed E-state index contributed by atoms with van der Waals surface area (Å²) >= 11 is 0. The first-order valence-corrected chi connectivity index (χ1v) is 6.54. The summed E-state index contributed by atoms with van der Waals surface area (Å²) < 4.78 is 0. The molecule has 2 heteroatoms. The molecule has 1 radical (unpaired) electrons. The van der Waals surface area contributed by atoms with Gasteiger partial charge in [0.25, 0.3) is 0 Å². The van der Waals surface area contributed by atoms with Crippen LogP contribution >= 0.6 is 0 Å². The van der Waals surface area contributed by atoms with E-state index < -0.39 is 0 Å². The molecule has 0 fully saturated rings. The van der Waals surface area contributed by atoms with Crippen LogP contribution in [0.4, 0.5) is 11.4 Å². The third-order valence-electron chi connectivity index (χ3n) is 2.84. The van der Waals surface area contributed by atoms with E-state index >= 15 is 0 Å². The van der Waals surface area contributed by atoms with Crippen molar-refractivity contribution in [1.29, 1.82) is 0 Å². The van der Waals surface area contributed by atoms with Gasteiger partial charge in [0.05, 0.1) is 0 Å². The molecule has 0 bridgehead atoms. The van der Waals surface area contributed by atoms with Crippen LogP contribution in [0.15, 0.2) is 84.9 Å². The first-order chi connectivity index (χ1) is 9.88. The number of nitrogens with zero attached hydrogens (tertiary/aromatic N) is 1. The van der Waals surface area contributed by atoms with E-state index in [1.54, 1.807) is 0 Å². The third kappa shape index (κ3) is 6.24. The van der Waals surface area contributed by atoms with E-state index in [1.807, 2.05) is 72.8 Å². The number of hydrogen-bond donors (Lipinski definition) is 0. The fourth-order valence-electron chi connectivity index (χ4n) is 1.74. The molecule has 21 heavy (non-hydrogen) atoms. The van der Waals surface area contributed by atoms with Crippen LogP contribution in [0.5, 0.6) is 0 Å². The van der Waals surface area contributed by atoms with E-state index in [0.717, 1.165) is 0 Å². The molecule has 3 aromatic carbocycles. The largest absolute Gasteiger partial charge is 0.368 e. The minimum absolute atomic E-state index is 0. The average Bonchev–Trinajstić information content (AvgIpc) is 2.58. The number of benzene rings is 3. The Hall–Kier alpha value is -1.44. The van der Waals surface area contributed by atoms with Crippen LogP contribution in [-0.4, -0.2) is 7.05 Å². The molecule has 0 aromatic heterocycles. The van der Waals surface area contributed by atoms with E-state index in [0.29, 0.717) is 0 Å². The van der Waals surface area contributed by atoms with Crippen LogP contribution in [0, 0.1) is 12.1 Å². The SMILES string of the molecule is CN(c1cc[c-]cc1)c1ccccc1.[Y].[c-]1ccccc1. The van der Waals surface area contributed by atoms with Gasteiger partial charge in [-0.15, -0.1) is 12.1 Å². The smallest absolute Gasteiger partial charge is 0.0389 e. The van der Waals surface area contributed by atoms with Crippen molar-refractivity contribution in [1.82, 2.24) is 0 Å². The molecule has 0 saturated heterocycles. The Morgan fingerprint density at radius 1 is 0.619 bits per heavy atom. The molecule has 0 aliphatic heterocycles. The van der Waals surface area contributed by atoms with E-state index in [4.69, 9.17) is 0 Å². The summed E-state index contributed by atoms with van der Waals surface area (Å²) in [5, 5.41) is 0. The van der Waals surface area contributed by atoms with Gasteiger partial charge >= 0.3 is 0 Å². The summed E-state index contributed by atoms with van der Waals surface area (Å²) in [6, 6.07) is 33.8. The van der Waals surface area contributed by atoms with Gasteiger partial charge in [0.1, 0.15) is 0 Å². The van der Waals surface area contributed by atoms with Crippen molar-refractivity contribution in [2.75, 3.05) is 11.9 Å². The van der Waals surface area contributed by atoms with Gasteiger partial charge < -0.3 is 4.90 Å². The Balaban J connectivity index is 0.000000267. The molecule has 1 nitrogen and oxygen atoms in total. The van der Waals surface area contributed by atoms with Crippen LogP contribution in [0.1, 0.15) is 0 Å². The average molecular weight is 348 g/mol. The molecule has 0 saturated carbocycles. The van der Waals surface area contributed by atoms with E-state index in [9.17, 15) is 0 Å². The van der Waals surface area contributed by atoms with Crippen LogP contribution in [0.2, 0.25) is 0 Å². The summed E-state index contributed by atoms with van der Waals surface area (Å²) in [7, 11) is 2.06. The molecular formula is C19H17NY-2. The van der Waals surface area contributed by atoms with Gasteiger partial charge in [-0.05, 0) is 12.1 Å². The van der Waals surface area contributed by atoms with Gasteiger partial charge in [-0.2, -0.15) is 54.6 Å². The quantitative estimate of drug-likeness (QED) is 0.605. The van der Waals surface area contributed by atoms with E-state index in [1.165, 1.54) is 11.4 Å². The van der Waals surface area contributed by atoms with Crippen molar-refractivity contribution in [2.45, 2.75) is 0 Å². The Bertz CT molecular complexity index is 516. The number of hydrogen-bond acceptors (Lipinski definition) is 1. The zero-order valence-corrected chi connectivity index (χ0v) is 14.9. The molecule has 0 amide bonds. The Labute approximate surface area is 152 Å². The maximum Gasteiger partial charge on any atom is 0.0389 e. The van der Waals surface area contributed by atoms with Crippen molar-refractivity contribution in [3.63, 3.8) is 0 Å². The molecule has 0 heterocycles. The first kappa shape index (κ1) is 17.6. The number of para-hydroxylation sites is 1. The number of rotatable bonds is 2. The molecule has 0 aliphatic carbocycles. The maximum atomic E-state index is 3.01. The fourth-order valence-corrected chi connectivity index (χ4v) is 1.74. The van der Waals surface area contributed by atoms with E-state index in [-0.39, 0.29) is 32.7 Å². The molecule has 0 atom stereocenters. The Morgan fingerprint density at radius 3 is 1.57 bits per heavy atom. The zero-order valence-electron chi connectivity index (χ0n) is 12.1. The van der Waals surface area contributed by atoms with Crippen molar-refractivity contribution in [3.8, 4) is 0 Å². The monoisotopic (exact) mass is 348 g/mol. The van der Waals surface area contributed by atoms with Crippen molar-refractivity contribution in [3.05, 3.63) is 97.1 Å². The third-order valence-corrected chi connectivity index (χ3v) is 2.84. The summed E-state index contributed by atoms with van der Waals surface area (Å²) in [5.41, 5.74) is 2.37. The molecule has 3 aromatic rings. The second-order valence-electron chi connectivity index (χ2n) is 4.23. The zero-order chi connectivity index (χ0) is 14.0. The van der Waals surface area contributed by atoms with Gasteiger partial charge in [-0.25, -0.2) is 0 Å². The van der Waals surface area contributed by atoms with Gasteiger partial charge in [0.15, 0.2) is 0 Å². The second kappa shape index (κ2) is 10.3. The van der Waals surface area contributed by atoms with Crippen molar-refractivity contribution >= 4 is 11.4 Å². The molecule has 0 aliphatic rings. The molecule has 0 N–H and O–H groups in total. The summed E-state index contributed by atoms with van der Waals surface area (Å²) in [4.78, 5) is 2.15. The molecular weight excluding hydrogens is 331 g/mol. The summed E-state index contributed by atoms with van der Waals surface area (Å²) in [5.74, 6) is 0. The summed E-state index contributed by atoms with van der Waals surface area (Å²) in [6.07, 6.45) is 0.